The largest absolute Gasteiger partial charge is 0.343 e. The van der Waals surface area contributed by atoms with E-state index in [0.717, 1.165) is 0 Å². The summed E-state index contributed by atoms with van der Waals surface area (Å²) in [5.74, 6) is 0. The average molecular weight is 124 g/mol. The van der Waals surface area contributed by atoms with Crippen molar-refractivity contribution < 1.29 is 9.46 Å². The van der Waals surface area contributed by atoms with Crippen LogP contribution in [-0.2, 0) is 4.57 Å². The third kappa shape index (κ3) is 0.780. The molecule has 1 rings (SSSR count). The van der Waals surface area contributed by atoms with Crippen LogP contribution in [0.5, 0.6) is 0 Å². The molecule has 0 amide bonds. The first-order valence-electron chi connectivity index (χ1n) is 1.59. The second kappa shape index (κ2) is 1.25. The molecule has 0 bridgehead atoms. The van der Waals surface area contributed by atoms with E-state index in [-0.39, 0.29) is 0 Å². The smallest absolute Gasteiger partial charge is 0.219 e. The Morgan fingerprint density at radius 3 is 2.00 bits per heavy atom. The zero-order valence-corrected chi connectivity index (χ0v) is 4.84. The highest BCUT2D eigenvalue weighted by molar-refractivity contribution is 8.17. The van der Waals surface area contributed by atoms with Gasteiger partial charge in [0.15, 0.2) is 0 Å². The number of hydrogen-bond donors (Lipinski definition) is 1. The Labute approximate surface area is 40.4 Å². The Bertz CT molecular complexity index is 93.7. The van der Waals surface area contributed by atoms with Crippen molar-refractivity contribution in [1.29, 1.82) is 0 Å². The van der Waals surface area contributed by atoms with Crippen LogP contribution in [0.4, 0.5) is 0 Å². The van der Waals surface area contributed by atoms with Crippen molar-refractivity contribution in [3.8, 4) is 0 Å². The highest BCUT2D eigenvalue weighted by Gasteiger charge is 2.27. The van der Waals surface area contributed by atoms with Crippen molar-refractivity contribution in [2.75, 3.05) is 11.0 Å². The van der Waals surface area contributed by atoms with E-state index in [2.05, 4.69) is 0 Å². The maximum absolute atomic E-state index is 10.2. The molecule has 0 radical (unpaired) electrons. The van der Waals surface area contributed by atoms with Gasteiger partial charge in [0.25, 0.3) is 0 Å². The van der Waals surface area contributed by atoms with Crippen molar-refractivity contribution in [2.45, 2.75) is 0 Å². The lowest BCUT2D eigenvalue weighted by molar-refractivity contribution is 0.486. The van der Waals surface area contributed by atoms with Gasteiger partial charge in [-0.2, -0.15) is 0 Å². The van der Waals surface area contributed by atoms with Gasteiger partial charge in [-0.1, -0.05) is 0 Å². The lowest BCUT2D eigenvalue weighted by Crippen LogP contribution is -1.98. The molecule has 36 valence electrons. The molecule has 0 spiro atoms. The van der Waals surface area contributed by atoms with E-state index in [4.69, 9.17) is 4.89 Å². The summed E-state index contributed by atoms with van der Waals surface area (Å²) >= 11 is 1.53. The topological polar surface area (TPSA) is 37.3 Å². The molecular weight excluding hydrogens is 119 g/mol. The van der Waals surface area contributed by atoms with Gasteiger partial charge in [-0.15, -0.1) is 11.8 Å². The third-order valence-corrected chi connectivity index (χ3v) is 5.27. The van der Waals surface area contributed by atoms with Gasteiger partial charge in [0.05, 0.1) is 11.0 Å². The van der Waals surface area contributed by atoms with Crippen molar-refractivity contribution in [3.05, 3.63) is 0 Å². The van der Waals surface area contributed by atoms with Crippen LogP contribution in [0, 0.1) is 0 Å². The molecular formula is C2H5O2PS. The van der Waals surface area contributed by atoms with Crippen molar-refractivity contribution in [1.82, 2.24) is 0 Å². The van der Waals surface area contributed by atoms with Gasteiger partial charge < -0.3 is 4.89 Å². The molecule has 4 heteroatoms. The zero-order valence-electron chi connectivity index (χ0n) is 3.13. The van der Waals surface area contributed by atoms with E-state index in [0.29, 0.717) is 11.0 Å². The highest BCUT2D eigenvalue weighted by Crippen LogP contribution is 2.56. The van der Waals surface area contributed by atoms with Crippen LogP contribution in [0.2, 0.25) is 0 Å². The number of thioether (sulfide) groups is 1. The molecule has 1 aliphatic rings. The fourth-order valence-corrected chi connectivity index (χ4v) is 2.23. The van der Waals surface area contributed by atoms with Crippen molar-refractivity contribution >= 4 is 19.1 Å². The second-order valence-electron chi connectivity index (χ2n) is 1.31. The molecule has 2 nitrogen and oxygen atoms in total. The van der Waals surface area contributed by atoms with Gasteiger partial charge in [-0.25, -0.2) is 0 Å². The van der Waals surface area contributed by atoms with Crippen LogP contribution in [0.3, 0.4) is 0 Å². The second-order valence-corrected chi connectivity index (χ2v) is 5.48. The fourth-order valence-electron chi connectivity index (χ4n) is 0.247. The minimum atomic E-state index is -2.50. The van der Waals surface area contributed by atoms with Gasteiger partial charge >= 0.3 is 0 Å². The summed E-state index contributed by atoms with van der Waals surface area (Å²) in [4.78, 5) is 8.45. The molecule has 1 N–H and O–H groups in total. The Morgan fingerprint density at radius 2 is 2.00 bits per heavy atom. The molecule has 1 saturated heterocycles. The standard InChI is InChI=1S/C2H5O2PS/c3-5(4)1-6-2-5/h1-2H2,(H,3,4). The summed E-state index contributed by atoms with van der Waals surface area (Å²) in [5, 5.41) is 0. The molecule has 6 heavy (non-hydrogen) atoms. The summed E-state index contributed by atoms with van der Waals surface area (Å²) in [5.41, 5.74) is 0.958. The SMILES string of the molecule is O=P1(O)CSC1. The molecule has 0 aliphatic carbocycles. The molecule has 0 aromatic rings. The van der Waals surface area contributed by atoms with E-state index in [9.17, 15) is 4.57 Å². The third-order valence-electron chi connectivity index (χ3n) is 0.586. The molecule has 1 aliphatic heterocycles. The molecule has 0 saturated carbocycles. The average Bonchev–Trinajstić information content (AvgIpc) is 1.32. The van der Waals surface area contributed by atoms with Crippen LogP contribution in [-0.4, -0.2) is 15.9 Å². The van der Waals surface area contributed by atoms with E-state index in [1.807, 2.05) is 0 Å². The summed E-state index contributed by atoms with van der Waals surface area (Å²) in [6, 6.07) is 0. The van der Waals surface area contributed by atoms with E-state index in [1.165, 1.54) is 11.8 Å². The molecule has 0 aromatic heterocycles. The fraction of sp³-hybridized carbons (Fsp3) is 1.00. The normalized spacial score (nSPS) is 28.8. The van der Waals surface area contributed by atoms with Crippen LogP contribution in [0.15, 0.2) is 0 Å². The first-order valence-corrected chi connectivity index (χ1v) is 4.78. The highest BCUT2D eigenvalue weighted by atomic mass is 32.2. The Balaban J connectivity index is 2.53. The van der Waals surface area contributed by atoms with Crippen LogP contribution in [0.25, 0.3) is 0 Å². The van der Waals surface area contributed by atoms with E-state index in [1.54, 1.807) is 0 Å². The summed E-state index contributed by atoms with van der Waals surface area (Å²) in [7, 11) is -2.50. The summed E-state index contributed by atoms with van der Waals surface area (Å²) in [6.07, 6.45) is 0. The van der Waals surface area contributed by atoms with Crippen molar-refractivity contribution in [2.24, 2.45) is 0 Å². The minimum absolute atomic E-state index is 0.479. The summed E-state index contributed by atoms with van der Waals surface area (Å²) < 4.78 is 10.2. The van der Waals surface area contributed by atoms with Crippen molar-refractivity contribution in [3.63, 3.8) is 0 Å². The van der Waals surface area contributed by atoms with Crippen LogP contribution >= 0.6 is 19.1 Å². The Hall–Kier alpha value is 0.540. The predicted octanol–water partition coefficient (Wildman–Crippen LogP) is 0.919. The van der Waals surface area contributed by atoms with E-state index < -0.39 is 7.37 Å². The zero-order chi connectivity index (χ0) is 4.62. The molecule has 0 unspecified atom stereocenters. The Kier molecular flexibility index (Phi) is 0.981. The van der Waals surface area contributed by atoms with Crippen LogP contribution < -0.4 is 0 Å². The van der Waals surface area contributed by atoms with Gasteiger partial charge in [-0.3, -0.25) is 4.57 Å². The maximum atomic E-state index is 10.2. The summed E-state index contributed by atoms with van der Waals surface area (Å²) in [6.45, 7) is 0. The number of hydrogen-bond acceptors (Lipinski definition) is 2. The molecule has 1 fully saturated rings. The number of rotatable bonds is 0. The van der Waals surface area contributed by atoms with Gasteiger partial charge in [-0.05, 0) is 0 Å². The first kappa shape index (κ1) is 4.69. The monoisotopic (exact) mass is 124 g/mol. The van der Waals surface area contributed by atoms with Gasteiger partial charge in [0.1, 0.15) is 0 Å². The minimum Gasteiger partial charge on any atom is -0.343 e. The lowest BCUT2D eigenvalue weighted by atomic mass is 11.8. The maximum Gasteiger partial charge on any atom is 0.219 e. The van der Waals surface area contributed by atoms with Crippen LogP contribution in [0.1, 0.15) is 0 Å². The van der Waals surface area contributed by atoms with Gasteiger partial charge in [0, 0.05) is 0 Å². The first-order chi connectivity index (χ1) is 2.71. The quantitative estimate of drug-likeness (QED) is 0.488. The predicted molar refractivity (Wildman–Crippen MR) is 27.2 cm³/mol. The molecule has 0 atom stereocenters. The van der Waals surface area contributed by atoms with Gasteiger partial charge in [0.2, 0.25) is 7.37 Å². The van der Waals surface area contributed by atoms with E-state index >= 15 is 0 Å². The molecule has 0 aromatic carbocycles. The molecule has 1 heterocycles. The lowest BCUT2D eigenvalue weighted by Gasteiger charge is -2.17. The Morgan fingerprint density at radius 1 is 1.67 bits per heavy atom.